The molecule has 0 spiro atoms. The zero-order valence-electron chi connectivity index (χ0n) is 23.0. The summed E-state index contributed by atoms with van der Waals surface area (Å²) in [7, 11) is 0. The molecule has 10 rings (SSSR count). The fraction of sp³-hybridized carbons (Fsp3) is 0. The number of para-hydroxylation sites is 4. The number of benzene rings is 5. The van der Waals surface area contributed by atoms with Gasteiger partial charge in [-0.05, 0) is 71.4 Å². The van der Waals surface area contributed by atoms with E-state index in [0.29, 0.717) is 0 Å². The largest absolute Gasteiger partial charge is 0.310 e. The van der Waals surface area contributed by atoms with Gasteiger partial charge in [0, 0.05) is 63.4 Å². The van der Waals surface area contributed by atoms with Crippen LogP contribution in [-0.4, -0.2) is 18.8 Å². The third-order valence-electron chi connectivity index (χ3n) is 8.95. The molecule has 5 nitrogen and oxygen atoms in total. The Morgan fingerprint density at radius 2 is 0.930 bits per heavy atom. The van der Waals surface area contributed by atoms with E-state index in [1.54, 1.807) is 0 Å². The highest BCUT2D eigenvalue weighted by atomic mass is 15.1. The Morgan fingerprint density at radius 1 is 0.419 bits per heavy atom. The van der Waals surface area contributed by atoms with E-state index in [2.05, 4.69) is 139 Å². The van der Waals surface area contributed by atoms with Gasteiger partial charge in [-0.25, -0.2) is 0 Å². The van der Waals surface area contributed by atoms with E-state index >= 15 is 0 Å². The molecule has 0 fully saturated rings. The van der Waals surface area contributed by atoms with Crippen LogP contribution in [0.5, 0.6) is 0 Å². The lowest BCUT2D eigenvalue weighted by atomic mass is 9.98. The van der Waals surface area contributed by atoms with Gasteiger partial charge in [-0.3, -0.25) is 9.97 Å². The number of pyridine rings is 2. The normalized spacial score (nSPS) is 12.2. The van der Waals surface area contributed by atoms with Crippen LogP contribution in [0.15, 0.2) is 140 Å². The maximum Gasteiger partial charge on any atom is 0.0796 e. The van der Waals surface area contributed by atoms with E-state index in [1.165, 1.54) is 49.1 Å². The Labute approximate surface area is 245 Å². The van der Waals surface area contributed by atoms with Gasteiger partial charge in [0.1, 0.15) is 0 Å². The highest BCUT2D eigenvalue weighted by Gasteiger charge is 2.25. The van der Waals surface area contributed by atoms with Crippen molar-refractivity contribution in [3.05, 3.63) is 140 Å². The summed E-state index contributed by atoms with van der Waals surface area (Å²) in [4.78, 5) is 11.6. The first-order valence-corrected chi connectivity index (χ1v) is 14.5. The molecule has 5 heterocycles. The van der Waals surface area contributed by atoms with Gasteiger partial charge in [-0.1, -0.05) is 54.6 Å². The molecule has 0 saturated heterocycles. The second-order valence-corrected chi connectivity index (χ2v) is 11.1. The molecule has 5 aromatic heterocycles. The van der Waals surface area contributed by atoms with Crippen LogP contribution in [0.25, 0.3) is 65.4 Å². The molecule has 10 aromatic rings. The van der Waals surface area contributed by atoms with Crippen molar-refractivity contribution in [2.75, 3.05) is 4.90 Å². The summed E-state index contributed by atoms with van der Waals surface area (Å²) in [5, 5.41) is 7.18. The molecule has 0 unspecified atom stereocenters. The number of aromatic nitrogens is 4. The molecule has 0 aliphatic rings. The van der Waals surface area contributed by atoms with Crippen molar-refractivity contribution in [1.29, 1.82) is 0 Å². The summed E-state index contributed by atoms with van der Waals surface area (Å²) in [6.07, 6.45) is 7.85. The quantitative estimate of drug-likeness (QED) is 0.206. The van der Waals surface area contributed by atoms with Crippen LogP contribution in [0.3, 0.4) is 0 Å². The highest BCUT2D eigenvalue weighted by Crippen LogP contribution is 2.48. The molecule has 0 aliphatic carbocycles. The van der Waals surface area contributed by atoms with Gasteiger partial charge >= 0.3 is 0 Å². The first-order valence-electron chi connectivity index (χ1n) is 14.5. The van der Waals surface area contributed by atoms with E-state index < -0.39 is 0 Å². The summed E-state index contributed by atoms with van der Waals surface area (Å²) in [5.74, 6) is 0. The second kappa shape index (κ2) is 8.30. The van der Waals surface area contributed by atoms with Crippen LogP contribution in [0.4, 0.5) is 17.1 Å². The van der Waals surface area contributed by atoms with Crippen LogP contribution in [0.1, 0.15) is 0 Å². The SMILES string of the molecule is c1ccc(N(c2ccccc2)c2ccc3c(c2)c2c4cnccc4n4c5ccccc5n5c6ccncc6c3c5c24)cc1. The molecule has 0 saturated carbocycles. The summed E-state index contributed by atoms with van der Waals surface area (Å²) < 4.78 is 4.87. The molecule has 5 heteroatoms. The number of nitrogens with zero attached hydrogens (tertiary/aromatic N) is 5. The topological polar surface area (TPSA) is 37.8 Å². The van der Waals surface area contributed by atoms with Crippen molar-refractivity contribution in [3.8, 4) is 0 Å². The van der Waals surface area contributed by atoms with Gasteiger partial charge in [0.15, 0.2) is 0 Å². The molecule has 0 amide bonds. The molecule has 0 N–H and O–H groups in total. The zero-order chi connectivity index (χ0) is 28.1. The number of hydrogen-bond acceptors (Lipinski definition) is 3. The van der Waals surface area contributed by atoms with Crippen molar-refractivity contribution >= 4 is 82.5 Å². The number of rotatable bonds is 3. The maximum absolute atomic E-state index is 4.63. The molecular formula is C38H23N5. The van der Waals surface area contributed by atoms with E-state index in [1.807, 2.05) is 24.8 Å². The summed E-state index contributed by atoms with van der Waals surface area (Å²) >= 11 is 0. The monoisotopic (exact) mass is 549 g/mol. The van der Waals surface area contributed by atoms with Gasteiger partial charge in [0.05, 0.1) is 33.1 Å². The Morgan fingerprint density at radius 3 is 1.49 bits per heavy atom. The van der Waals surface area contributed by atoms with Crippen molar-refractivity contribution in [2.45, 2.75) is 0 Å². The minimum Gasteiger partial charge on any atom is -0.310 e. The van der Waals surface area contributed by atoms with Crippen molar-refractivity contribution in [3.63, 3.8) is 0 Å². The van der Waals surface area contributed by atoms with E-state index in [4.69, 9.17) is 0 Å². The molecular weight excluding hydrogens is 526 g/mol. The van der Waals surface area contributed by atoms with Crippen molar-refractivity contribution in [1.82, 2.24) is 18.8 Å². The van der Waals surface area contributed by atoms with Crippen LogP contribution in [0, 0.1) is 0 Å². The van der Waals surface area contributed by atoms with Gasteiger partial charge in [-0.2, -0.15) is 0 Å². The molecule has 43 heavy (non-hydrogen) atoms. The van der Waals surface area contributed by atoms with Crippen molar-refractivity contribution in [2.24, 2.45) is 0 Å². The lowest BCUT2D eigenvalue weighted by molar-refractivity contribution is 1.24. The van der Waals surface area contributed by atoms with Gasteiger partial charge < -0.3 is 13.7 Å². The molecule has 5 aromatic carbocycles. The summed E-state index contributed by atoms with van der Waals surface area (Å²) in [6.45, 7) is 0. The first-order chi connectivity index (χ1) is 21.4. The van der Waals surface area contributed by atoms with Gasteiger partial charge in [0.2, 0.25) is 0 Å². The molecule has 0 aliphatic heterocycles. The Kier molecular flexibility index (Phi) is 4.39. The highest BCUT2D eigenvalue weighted by molar-refractivity contribution is 6.37. The molecule has 200 valence electrons. The number of anilines is 3. The van der Waals surface area contributed by atoms with Crippen LogP contribution < -0.4 is 4.90 Å². The van der Waals surface area contributed by atoms with E-state index in [9.17, 15) is 0 Å². The molecule has 0 atom stereocenters. The lowest BCUT2D eigenvalue weighted by Gasteiger charge is -2.26. The molecule has 0 bridgehead atoms. The number of fused-ring (bicyclic) bond motifs is 12. The minimum absolute atomic E-state index is 1.11. The fourth-order valence-corrected chi connectivity index (χ4v) is 7.30. The third kappa shape index (κ3) is 2.90. The standard InChI is InChI=1S/C38H23N5/c1-3-9-24(10-4-1)41(25-11-5-2-6-12-25)26-15-16-27-28(21-26)36-30-23-40-20-18-32(30)43-34-14-8-7-13-33(34)42-31-17-19-39-22-29(31)35(27)37(42)38(36)43/h1-23H. The fourth-order valence-electron chi connectivity index (χ4n) is 7.30. The van der Waals surface area contributed by atoms with Gasteiger partial charge in [-0.15, -0.1) is 0 Å². The Bertz CT molecular complexity index is 2620. The lowest BCUT2D eigenvalue weighted by Crippen LogP contribution is -2.09. The predicted molar refractivity (Wildman–Crippen MR) is 177 cm³/mol. The Balaban J connectivity index is 1.46. The summed E-state index contributed by atoms with van der Waals surface area (Å²) in [6, 6.07) is 41.1. The third-order valence-corrected chi connectivity index (χ3v) is 8.95. The van der Waals surface area contributed by atoms with Crippen LogP contribution in [-0.2, 0) is 0 Å². The zero-order valence-corrected chi connectivity index (χ0v) is 23.0. The average molecular weight is 550 g/mol. The van der Waals surface area contributed by atoms with Crippen LogP contribution in [0.2, 0.25) is 0 Å². The first kappa shape index (κ1) is 22.7. The van der Waals surface area contributed by atoms with E-state index in [-0.39, 0.29) is 0 Å². The smallest absolute Gasteiger partial charge is 0.0796 e. The second-order valence-electron chi connectivity index (χ2n) is 11.1. The maximum atomic E-state index is 4.63. The molecule has 0 radical (unpaired) electrons. The van der Waals surface area contributed by atoms with Crippen LogP contribution >= 0.6 is 0 Å². The van der Waals surface area contributed by atoms with E-state index in [0.717, 1.165) is 33.4 Å². The average Bonchev–Trinajstić information content (AvgIpc) is 3.61. The number of hydrogen-bond donors (Lipinski definition) is 0. The Hall–Kier alpha value is -5.94. The van der Waals surface area contributed by atoms with Crippen molar-refractivity contribution < 1.29 is 0 Å². The van der Waals surface area contributed by atoms with Gasteiger partial charge in [0.25, 0.3) is 0 Å². The summed E-state index contributed by atoms with van der Waals surface area (Å²) in [5.41, 5.74) is 10.4. The predicted octanol–water partition coefficient (Wildman–Crippen LogP) is 9.66. The minimum atomic E-state index is 1.11.